The summed E-state index contributed by atoms with van der Waals surface area (Å²) in [5.41, 5.74) is 3.81. The van der Waals surface area contributed by atoms with Gasteiger partial charge in [-0.1, -0.05) is 11.6 Å². The Labute approximate surface area is 121 Å². The van der Waals surface area contributed by atoms with Gasteiger partial charge in [-0.15, -0.1) is 0 Å². The van der Waals surface area contributed by atoms with Crippen molar-refractivity contribution >= 4 is 6.08 Å². The molecule has 0 aromatic heterocycles. The maximum atomic E-state index is 10.2. The van der Waals surface area contributed by atoms with Gasteiger partial charge in [-0.3, -0.25) is 0 Å². The molecule has 1 aromatic rings. The van der Waals surface area contributed by atoms with E-state index in [1.165, 1.54) is 5.57 Å². The van der Waals surface area contributed by atoms with E-state index in [-0.39, 0.29) is 5.60 Å². The van der Waals surface area contributed by atoms with Crippen LogP contribution in [0.3, 0.4) is 0 Å². The van der Waals surface area contributed by atoms with E-state index in [0.717, 1.165) is 35.3 Å². The number of hydrogen-bond acceptors (Lipinski definition) is 2. The molecule has 1 N–H and O–H groups in total. The highest BCUT2D eigenvalue weighted by Crippen LogP contribution is 2.40. The minimum absolute atomic E-state index is 0.299. The molecule has 0 spiro atoms. The second-order valence-corrected chi connectivity index (χ2v) is 6.15. The highest BCUT2D eigenvalue weighted by molar-refractivity contribution is 5.69. The largest absolute Gasteiger partial charge is 0.507 e. The number of benzene rings is 1. The van der Waals surface area contributed by atoms with Gasteiger partial charge >= 0.3 is 0 Å². The summed E-state index contributed by atoms with van der Waals surface area (Å²) in [6.07, 6.45) is 8.21. The molecule has 20 heavy (non-hydrogen) atoms. The number of phenols is 1. The third-order valence-corrected chi connectivity index (χ3v) is 3.95. The number of phenolic OH excluding ortho intramolecular Hbond substituents is 1. The Kier molecular flexibility index (Phi) is 3.94. The first-order chi connectivity index (χ1) is 9.32. The van der Waals surface area contributed by atoms with E-state index in [9.17, 15) is 5.11 Å². The van der Waals surface area contributed by atoms with Crippen LogP contribution in [-0.2, 0) is 0 Å². The molecule has 0 radical (unpaired) electrons. The summed E-state index contributed by atoms with van der Waals surface area (Å²) in [6.45, 7) is 10.2. The topological polar surface area (TPSA) is 29.5 Å². The lowest BCUT2D eigenvalue weighted by Gasteiger charge is -2.32. The van der Waals surface area contributed by atoms with Gasteiger partial charge in [-0.2, -0.15) is 0 Å². The van der Waals surface area contributed by atoms with Crippen molar-refractivity contribution in [1.29, 1.82) is 0 Å². The molecular weight excluding hydrogens is 248 g/mol. The maximum Gasteiger partial charge on any atom is 0.131 e. The fourth-order valence-electron chi connectivity index (χ4n) is 2.46. The second kappa shape index (κ2) is 5.35. The molecule has 2 heteroatoms. The SMILES string of the molecule is CC(C)=CCCC1(C)C=Cc2c(cc(C)c(C)c2O)O1. The predicted molar refractivity (Wildman–Crippen MR) is 84.3 cm³/mol. The Morgan fingerprint density at radius 1 is 1.35 bits per heavy atom. The second-order valence-electron chi connectivity index (χ2n) is 6.15. The van der Waals surface area contributed by atoms with Crippen LogP contribution in [-0.4, -0.2) is 10.7 Å². The normalized spacial score (nSPS) is 20.2. The van der Waals surface area contributed by atoms with Crippen molar-refractivity contribution in [3.8, 4) is 11.5 Å². The van der Waals surface area contributed by atoms with Gasteiger partial charge in [0.15, 0.2) is 0 Å². The summed E-state index contributed by atoms with van der Waals surface area (Å²) >= 11 is 0. The molecule has 2 nitrogen and oxygen atoms in total. The number of ether oxygens (including phenoxy) is 1. The van der Waals surface area contributed by atoms with Crippen LogP contribution in [0.4, 0.5) is 0 Å². The summed E-state index contributed by atoms with van der Waals surface area (Å²) < 4.78 is 6.14. The van der Waals surface area contributed by atoms with E-state index in [0.29, 0.717) is 5.75 Å². The third kappa shape index (κ3) is 2.90. The number of aryl methyl sites for hydroxylation is 1. The first-order valence-corrected chi connectivity index (χ1v) is 7.17. The first-order valence-electron chi connectivity index (χ1n) is 7.17. The van der Waals surface area contributed by atoms with Gasteiger partial charge in [0.05, 0.1) is 5.56 Å². The van der Waals surface area contributed by atoms with Crippen LogP contribution in [0.2, 0.25) is 0 Å². The van der Waals surface area contributed by atoms with Crippen molar-refractivity contribution in [3.63, 3.8) is 0 Å². The summed E-state index contributed by atoms with van der Waals surface area (Å²) in [4.78, 5) is 0. The molecule has 1 aromatic carbocycles. The number of fused-ring (bicyclic) bond motifs is 1. The summed E-state index contributed by atoms with van der Waals surface area (Å²) in [7, 11) is 0. The molecule has 1 unspecified atom stereocenters. The smallest absolute Gasteiger partial charge is 0.131 e. The van der Waals surface area contributed by atoms with E-state index in [4.69, 9.17) is 4.74 Å². The van der Waals surface area contributed by atoms with Crippen LogP contribution in [0.5, 0.6) is 11.5 Å². The van der Waals surface area contributed by atoms with Gasteiger partial charge in [0.25, 0.3) is 0 Å². The Morgan fingerprint density at radius 3 is 2.70 bits per heavy atom. The Balaban J connectivity index is 2.26. The molecule has 1 atom stereocenters. The minimum Gasteiger partial charge on any atom is -0.507 e. The van der Waals surface area contributed by atoms with E-state index in [2.05, 4.69) is 32.9 Å². The van der Waals surface area contributed by atoms with Gasteiger partial charge in [0.2, 0.25) is 0 Å². The number of aromatic hydroxyl groups is 1. The van der Waals surface area contributed by atoms with Crippen molar-refractivity contribution < 1.29 is 9.84 Å². The molecule has 0 saturated carbocycles. The van der Waals surface area contributed by atoms with Crippen LogP contribution in [0.1, 0.15) is 50.3 Å². The average molecular weight is 272 g/mol. The molecule has 1 aliphatic rings. The average Bonchev–Trinajstić information content (AvgIpc) is 2.35. The van der Waals surface area contributed by atoms with E-state index < -0.39 is 0 Å². The zero-order chi connectivity index (χ0) is 14.9. The first kappa shape index (κ1) is 14.7. The van der Waals surface area contributed by atoms with Crippen molar-refractivity contribution in [2.45, 2.75) is 53.1 Å². The van der Waals surface area contributed by atoms with Crippen molar-refractivity contribution in [2.75, 3.05) is 0 Å². The molecule has 1 heterocycles. The van der Waals surface area contributed by atoms with Crippen LogP contribution in [0, 0.1) is 13.8 Å². The van der Waals surface area contributed by atoms with E-state index >= 15 is 0 Å². The lowest BCUT2D eigenvalue weighted by molar-refractivity contribution is 0.128. The number of rotatable bonds is 3. The van der Waals surface area contributed by atoms with E-state index in [1.54, 1.807) is 0 Å². The monoisotopic (exact) mass is 272 g/mol. The minimum atomic E-state index is -0.299. The molecule has 0 saturated heterocycles. The van der Waals surface area contributed by atoms with E-state index in [1.807, 2.05) is 26.0 Å². The summed E-state index contributed by atoms with van der Waals surface area (Å²) in [5.74, 6) is 1.12. The zero-order valence-corrected chi connectivity index (χ0v) is 13.1. The lowest BCUT2D eigenvalue weighted by Crippen LogP contribution is -2.31. The molecule has 108 valence electrons. The third-order valence-electron chi connectivity index (χ3n) is 3.95. The lowest BCUT2D eigenvalue weighted by atomic mass is 9.93. The van der Waals surface area contributed by atoms with Crippen LogP contribution < -0.4 is 4.74 Å². The molecular formula is C18H24O2. The standard InChI is InChI=1S/C18H24O2/c1-12(2)7-6-9-18(5)10-8-15-16(20-18)11-13(3)14(4)17(15)19/h7-8,10-11,19H,6,9H2,1-5H3. The van der Waals surface area contributed by atoms with Gasteiger partial charge in [0, 0.05) is 0 Å². The molecule has 1 aliphatic heterocycles. The van der Waals surface area contributed by atoms with Gasteiger partial charge < -0.3 is 9.84 Å². The Hall–Kier alpha value is -1.70. The van der Waals surface area contributed by atoms with Crippen molar-refractivity contribution in [3.05, 3.63) is 40.5 Å². The highest BCUT2D eigenvalue weighted by atomic mass is 16.5. The summed E-state index contributed by atoms with van der Waals surface area (Å²) in [6, 6.07) is 2.02. The Bertz CT molecular complexity index is 578. The van der Waals surface area contributed by atoms with Gasteiger partial charge in [0.1, 0.15) is 17.1 Å². The molecule has 0 bridgehead atoms. The molecule has 2 rings (SSSR count). The fourth-order valence-corrected chi connectivity index (χ4v) is 2.46. The summed E-state index contributed by atoms with van der Waals surface area (Å²) in [5, 5.41) is 10.2. The predicted octanol–water partition coefficient (Wildman–Crippen LogP) is 4.92. The molecule has 0 amide bonds. The quantitative estimate of drug-likeness (QED) is 0.791. The molecule has 0 aliphatic carbocycles. The van der Waals surface area contributed by atoms with Gasteiger partial charge in [-0.05, 0) is 76.8 Å². The highest BCUT2D eigenvalue weighted by Gasteiger charge is 2.28. The maximum absolute atomic E-state index is 10.2. The van der Waals surface area contributed by atoms with Crippen molar-refractivity contribution in [2.24, 2.45) is 0 Å². The zero-order valence-electron chi connectivity index (χ0n) is 13.1. The van der Waals surface area contributed by atoms with Crippen LogP contribution in [0.25, 0.3) is 6.08 Å². The Morgan fingerprint density at radius 2 is 2.05 bits per heavy atom. The number of hydrogen-bond donors (Lipinski definition) is 1. The number of allylic oxidation sites excluding steroid dienone is 2. The van der Waals surface area contributed by atoms with Gasteiger partial charge in [-0.25, -0.2) is 0 Å². The van der Waals surface area contributed by atoms with Crippen LogP contribution in [0.15, 0.2) is 23.8 Å². The fraction of sp³-hybridized carbons (Fsp3) is 0.444. The van der Waals surface area contributed by atoms with Crippen LogP contribution >= 0.6 is 0 Å². The molecule has 0 fully saturated rings. The van der Waals surface area contributed by atoms with Crippen molar-refractivity contribution in [1.82, 2.24) is 0 Å².